The molecule has 0 aliphatic heterocycles. The summed E-state index contributed by atoms with van der Waals surface area (Å²) in [4.78, 5) is 4.07. The second kappa shape index (κ2) is 6.58. The van der Waals surface area contributed by atoms with Crippen LogP contribution in [-0.4, -0.2) is 19.9 Å². The summed E-state index contributed by atoms with van der Waals surface area (Å²) in [5, 5.41) is 3.10. The van der Waals surface area contributed by atoms with Crippen molar-refractivity contribution < 1.29 is 8.42 Å². The standard InChI is InChI=1S/C15H19N3O2S/c1-3-9-17-14-8-10-16-11-15(14)21(19,20)18-13-6-4-12(2)5-7-13/h4-8,10-11,18H,3,9H2,1-2H3,(H,16,17). The van der Waals surface area contributed by atoms with E-state index in [1.54, 1.807) is 24.4 Å². The molecule has 5 nitrogen and oxygen atoms in total. The molecule has 2 rings (SSSR count). The Balaban J connectivity index is 2.29. The minimum atomic E-state index is -3.66. The quantitative estimate of drug-likeness (QED) is 0.860. The van der Waals surface area contributed by atoms with E-state index >= 15 is 0 Å². The van der Waals surface area contributed by atoms with Crippen molar-refractivity contribution in [3.05, 3.63) is 48.3 Å². The molecule has 1 aromatic carbocycles. The molecule has 0 saturated heterocycles. The van der Waals surface area contributed by atoms with Crippen molar-refractivity contribution in [3.63, 3.8) is 0 Å². The zero-order chi connectivity index (χ0) is 15.3. The van der Waals surface area contributed by atoms with Gasteiger partial charge in [-0.05, 0) is 31.5 Å². The number of sulfonamides is 1. The Hall–Kier alpha value is -2.08. The number of nitrogens with one attached hydrogen (secondary N) is 2. The second-order valence-electron chi connectivity index (χ2n) is 4.77. The Morgan fingerprint density at radius 2 is 1.86 bits per heavy atom. The Morgan fingerprint density at radius 1 is 1.14 bits per heavy atom. The second-order valence-corrected chi connectivity index (χ2v) is 6.42. The largest absolute Gasteiger partial charge is 0.384 e. The van der Waals surface area contributed by atoms with Crippen LogP contribution in [-0.2, 0) is 10.0 Å². The summed E-state index contributed by atoms with van der Waals surface area (Å²) in [7, 11) is -3.66. The summed E-state index contributed by atoms with van der Waals surface area (Å²) in [6, 6.07) is 8.86. The first-order chi connectivity index (χ1) is 10.0. The van der Waals surface area contributed by atoms with E-state index in [2.05, 4.69) is 15.0 Å². The SMILES string of the molecule is CCCNc1ccncc1S(=O)(=O)Nc1ccc(C)cc1. The molecular formula is C15H19N3O2S. The first-order valence-corrected chi connectivity index (χ1v) is 8.28. The molecule has 0 spiro atoms. The van der Waals surface area contributed by atoms with E-state index in [1.165, 1.54) is 6.20 Å². The lowest BCUT2D eigenvalue weighted by molar-refractivity contribution is 0.601. The van der Waals surface area contributed by atoms with Crippen molar-refractivity contribution in [2.45, 2.75) is 25.2 Å². The molecule has 112 valence electrons. The number of benzene rings is 1. The van der Waals surface area contributed by atoms with E-state index in [9.17, 15) is 8.42 Å². The van der Waals surface area contributed by atoms with E-state index < -0.39 is 10.0 Å². The summed E-state index contributed by atoms with van der Waals surface area (Å²) in [6.07, 6.45) is 3.84. The summed E-state index contributed by atoms with van der Waals surface area (Å²) < 4.78 is 27.5. The summed E-state index contributed by atoms with van der Waals surface area (Å²) in [5.41, 5.74) is 2.17. The molecule has 21 heavy (non-hydrogen) atoms. The van der Waals surface area contributed by atoms with Crippen LogP contribution in [0.5, 0.6) is 0 Å². The number of aryl methyl sites for hydroxylation is 1. The Bertz CT molecular complexity index is 697. The molecule has 0 atom stereocenters. The maximum absolute atomic E-state index is 12.5. The molecule has 2 aromatic rings. The fourth-order valence-electron chi connectivity index (χ4n) is 1.83. The van der Waals surface area contributed by atoms with Crippen LogP contribution in [0.4, 0.5) is 11.4 Å². The van der Waals surface area contributed by atoms with Crippen molar-refractivity contribution in [1.29, 1.82) is 0 Å². The molecule has 0 radical (unpaired) electrons. The Labute approximate surface area is 125 Å². The third-order valence-corrected chi connectivity index (χ3v) is 4.35. The van der Waals surface area contributed by atoms with Crippen LogP contribution in [0.25, 0.3) is 0 Å². The van der Waals surface area contributed by atoms with Crippen LogP contribution in [0.2, 0.25) is 0 Å². The average molecular weight is 305 g/mol. The van der Waals surface area contributed by atoms with Crippen LogP contribution >= 0.6 is 0 Å². The normalized spacial score (nSPS) is 11.1. The van der Waals surface area contributed by atoms with Gasteiger partial charge in [-0.25, -0.2) is 8.42 Å². The predicted octanol–water partition coefficient (Wildman–Crippen LogP) is 3.01. The lowest BCUT2D eigenvalue weighted by Gasteiger charge is -2.13. The van der Waals surface area contributed by atoms with Crippen LogP contribution < -0.4 is 10.0 Å². The zero-order valence-electron chi connectivity index (χ0n) is 12.1. The van der Waals surface area contributed by atoms with Gasteiger partial charge in [0.25, 0.3) is 10.0 Å². The highest BCUT2D eigenvalue weighted by molar-refractivity contribution is 7.92. The third-order valence-electron chi connectivity index (χ3n) is 2.94. The highest BCUT2D eigenvalue weighted by atomic mass is 32.2. The molecule has 6 heteroatoms. The summed E-state index contributed by atoms with van der Waals surface area (Å²) in [6.45, 7) is 4.68. The van der Waals surface area contributed by atoms with Gasteiger partial charge in [-0.1, -0.05) is 24.6 Å². The van der Waals surface area contributed by atoms with Crippen molar-refractivity contribution in [2.24, 2.45) is 0 Å². The first kappa shape index (κ1) is 15.3. The van der Waals surface area contributed by atoms with Crippen LogP contribution in [0.1, 0.15) is 18.9 Å². The average Bonchev–Trinajstić information content (AvgIpc) is 2.47. The molecule has 1 heterocycles. The number of anilines is 2. The van der Waals surface area contributed by atoms with Crippen molar-refractivity contribution in [3.8, 4) is 0 Å². The lowest BCUT2D eigenvalue weighted by atomic mass is 10.2. The minimum absolute atomic E-state index is 0.152. The molecule has 1 aromatic heterocycles. The van der Waals surface area contributed by atoms with Gasteiger partial charge in [0.05, 0.1) is 5.69 Å². The number of nitrogens with zero attached hydrogens (tertiary/aromatic N) is 1. The van der Waals surface area contributed by atoms with Gasteiger partial charge in [0.15, 0.2) is 0 Å². The lowest BCUT2D eigenvalue weighted by Crippen LogP contribution is -2.16. The highest BCUT2D eigenvalue weighted by Crippen LogP contribution is 2.22. The number of hydrogen-bond acceptors (Lipinski definition) is 4. The Kier molecular flexibility index (Phi) is 4.80. The van der Waals surface area contributed by atoms with Gasteiger partial charge in [0.2, 0.25) is 0 Å². The van der Waals surface area contributed by atoms with Gasteiger partial charge in [0, 0.05) is 24.6 Å². The van der Waals surface area contributed by atoms with Gasteiger partial charge < -0.3 is 5.32 Å². The zero-order valence-corrected chi connectivity index (χ0v) is 12.9. The monoisotopic (exact) mass is 305 g/mol. The fraction of sp³-hybridized carbons (Fsp3) is 0.267. The van der Waals surface area contributed by atoms with Gasteiger partial charge in [-0.3, -0.25) is 9.71 Å². The molecule has 0 aliphatic rings. The van der Waals surface area contributed by atoms with Crippen molar-refractivity contribution in [1.82, 2.24) is 4.98 Å². The molecule has 0 aliphatic carbocycles. The van der Waals surface area contributed by atoms with E-state index in [4.69, 9.17) is 0 Å². The topological polar surface area (TPSA) is 71.1 Å². The molecule has 2 N–H and O–H groups in total. The number of hydrogen-bond donors (Lipinski definition) is 2. The molecule has 0 saturated carbocycles. The van der Waals surface area contributed by atoms with Crippen molar-refractivity contribution in [2.75, 3.05) is 16.6 Å². The van der Waals surface area contributed by atoms with Gasteiger partial charge >= 0.3 is 0 Å². The smallest absolute Gasteiger partial charge is 0.265 e. The van der Waals surface area contributed by atoms with E-state index in [1.807, 2.05) is 26.0 Å². The molecule has 0 unspecified atom stereocenters. The first-order valence-electron chi connectivity index (χ1n) is 6.80. The molecule has 0 amide bonds. The van der Waals surface area contributed by atoms with E-state index in [0.717, 1.165) is 12.0 Å². The van der Waals surface area contributed by atoms with Crippen LogP contribution in [0, 0.1) is 6.92 Å². The van der Waals surface area contributed by atoms with Gasteiger partial charge in [0.1, 0.15) is 4.90 Å². The van der Waals surface area contributed by atoms with E-state index in [-0.39, 0.29) is 4.90 Å². The van der Waals surface area contributed by atoms with E-state index in [0.29, 0.717) is 17.9 Å². The van der Waals surface area contributed by atoms with Crippen LogP contribution in [0.3, 0.4) is 0 Å². The predicted molar refractivity (Wildman–Crippen MR) is 85.0 cm³/mol. The maximum Gasteiger partial charge on any atom is 0.265 e. The number of pyridine rings is 1. The van der Waals surface area contributed by atoms with Crippen LogP contribution in [0.15, 0.2) is 47.6 Å². The molecule has 0 fully saturated rings. The third kappa shape index (κ3) is 3.95. The summed E-state index contributed by atoms with van der Waals surface area (Å²) >= 11 is 0. The number of aromatic nitrogens is 1. The number of rotatable bonds is 6. The fourth-order valence-corrected chi connectivity index (χ4v) is 3.02. The van der Waals surface area contributed by atoms with Gasteiger partial charge in [-0.2, -0.15) is 0 Å². The van der Waals surface area contributed by atoms with Gasteiger partial charge in [-0.15, -0.1) is 0 Å². The minimum Gasteiger partial charge on any atom is -0.384 e. The Morgan fingerprint density at radius 3 is 2.52 bits per heavy atom. The maximum atomic E-state index is 12.5. The summed E-state index contributed by atoms with van der Waals surface area (Å²) in [5.74, 6) is 0. The molecule has 0 bridgehead atoms. The highest BCUT2D eigenvalue weighted by Gasteiger charge is 2.18. The molecular weight excluding hydrogens is 286 g/mol. The van der Waals surface area contributed by atoms with Crippen molar-refractivity contribution >= 4 is 21.4 Å².